The zero-order valence-electron chi connectivity index (χ0n) is 15.7. The lowest BCUT2D eigenvalue weighted by Gasteiger charge is -2.32. The van der Waals surface area contributed by atoms with Crippen molar-refractivity contribution in [1.29, 1.82) is 0 Å². The summed E-state index contributed by atoms with van der Waals surface area (Å²) in [5.74, 6) is 2.16. The van der Waals surface area contributed by atoms with Gasteiger partial charge in [0.25, 0.3) is 5.91 Å². The molecule has 0 N–H and O–H groups in total. The van der Waals surface area contributed by atoms with E-state index < -0.39 is 0 Å². The molecule has 0 spiro atoms. The number of para-hydroxylation sites is 1. The van der Waals surface area contributed by atoms with E-state index in [1.54, 1.807) is 0 Å². The molecule has 1 atom stereocenters. The third kappa shape index (κ3) is 4.85. The maximum Gasteiger partial charge on any atom is 0.260 e. The Bertz CT molecular complexity index is 699. The van der Waals surface area contributed by atoms with Crippen molar-refractivity contribution < 1.29 is 9.53 Å². The lowest BCUT2D eigenvalue weighted by molar-refractivity contribution is -0.134. The number of hydrogen-bond donors (Lipinski definition) is 0. The highest BCUT2D eigenvalue weighted by molar-refractivity contribution is 5.78. The van der Waals surface area contributed by atoms with Crippen molar-refractivity contribution in [3.63, 3.8) is 0 Å². The van der Waals surface area contributed by atoms with Crippen molar-refractivity contribution in [2.24, 2.45) is 0 Å². The largest absolute Gasteiger partial charge is 0.484 e. The molecule has 1 aromatic carbocycles. The summed E-state index contributed by atoms with van der Waals surface area (Å²) in [6.07, 6.45) is 5.98. The topological polar surface area (TPSA) is 50.6 Å². The molecule has 1 aromatic heterocycles. The van der Waals surface area contributed by atoms with Crippen LogP contribution in [0.5, 0.6) is 5.75 Å². The fourth-order valence-electron chi connectivity index (χ4n) is 3.34. The van der Waals surface area contributed by atoms with Gasteiger partial charge in [0, 0.05) is 44.5 Å². The summed E-state index contributed by atoms with van der Waals surface area (Å²) in [6, 6.07) is 9.48. The molecule has 1 aliphatic heterocycles. The number of carbonyl (C=O) groups excluding carboxylic acids is 1. The van der Waals surface area contributed by atoms with Crippen LogP contribution in [0.15, 0.2) is 42.7 Å². The van der Waals surface area contributed by atoms with E-state index in [9.17, 15) is 4.79 Å². The summed E-state index contributed by atoms with van der Waals surface area (Å²) in [6.45, 7) is 3.50. The van der Waals surface area contributed by atoms with E-state index >= 15 is 0 Å². The van der Waals surface area contributed by atoms with Gasteiger partial charge in [-0.15, -0.1) is 0 Å². The summed E-state index contributed by atoms with van der Waals surface area (Å²) < 4.78 is 7.84. The molecular weight excluding hydrogens is 328 g/mol. The quantitative estimate of drug-likeness (QED) is 0.763. The molecule has 0 saturated carbocycles. The Hall–Kier alpha value is -2.34. The summed E-state index contributed by atoms with van der Waals surface area (Å²) in [5.41, 5.74) is 0. The Kier molecular flexibility index (Phi) is 6.28. The van der Waals surface area contributed by atoms with Gasteiger partial charge in [0.1, 0.15) is 11.6 Å². The number of aromatic nitrogens is 2. The van der Waals surface area contributed by atoms with Gasteiger partial charge in [-0.05, 0) is 39.1 Å². The SMILES string of the molecule is CN(C)CCn1ccnc1[C@@H]1CCCN(C(=O)COc2ccccc2)C1. The summed E-state index contributed by atoms with van der Waals surface area (Å²) >= 11 is 0. The molecule has 26 heavy (non-hydrogen) atoms. The molecule has 3 rings (SSSR count). The molecular formula is C20H28N4O2. The van der Waals surface area contributed by atoms with Gasteiger partial charge in [-0.1, -0.05) is 18.2 Å². The first kappa shape index (κ1) is 18.5. The van der Waals surface area contributed by atoms with E-state index in [2.05, 4.69) is 28.5 Å². The monoisotopic (exact) mass is 356 g/mol. The van der Waals surface area contributed by atoms with Gasteiger partial charge < -0.3 is 19.1 Å². The number of amides is 1. The standard InChI is InChI=1S/C20H28N4O2/c1-22(2)13-14-23-12-10-21-20(23)17-7-6-11-24(15-17)19(25)16-26-18-8-4-3-5-9-18/h3-5,8-10,12,17H,6-7,11,13-16H2,1-2H3/t17-/m1/s1. The lowest BCUT2D eigenvalue weighted by atomic mass is 9.97. The summed E-state index contributed by atoms with van der Waals surface area (Å²) in [7, 11) is 4.15. The molecule has 6 nitrogen and oxygen atoms in total. The first-order valence-electron chi connectivity index (χ1n) is 9.25. The number of carbonyl (C=O) groups is 1. The number of benzene rings is 1. The number of likely N-dealkylation sites (tertiary alicyclic amines) is 1. The smallest absolute Gasteiger partial charge is 0.260 e. The van der Waals surface area contributed by atoms with Crippen LogP contribution in [-0.2, 0) is 11.3 Å². The van der Waals surface area contributed by atoms with Crippen molar-refractivity contribution in [2.45, 2.75) is 25.3 Å². The van der Waals surface area contributed by atoms with Gasteiger partial charge in [0.2, 0.25) is 0 Å². The molecule has 1 aliphatic rings. The second-order valence-electron chi connectivity index (χ2n) is 7.06. The minimum absolute atomic E-state index is 0.0463. The molecule has 0 radical (unpaired) electrons. The third-order valence-corrected chi connectivity index (χ3v) is 4.78. The van der Waals surface area contributed by atoms with Gasteiger partial charge in [-0.3, -0.25) is 4.79 Å². The number of ether oxygens (including phenoxy) is 1. The summed E-state index contributed by atoms with van der Waals surface area (Å²) in [5, 5.41) is 0. The number of nitrogens with zero attached hydrogens (tertiary/aromatic N) is 4. The van der Waals surface area contributed by atoms with E-state index in [0.29, 0.717) is 5.92 Å². The number of hydrogen-bond acceptors (Lipinski definition) is 4. The zero-order chi connectivity index (χ0) is 18.4. The number of rotatable bonds is 7. The molecule has 6 heteroatoms. The Labute approximate surface area is 155 Å². The number of piperidine rings is 1. The fraction of sp³-hybridized carbons (Fsp3) is 0.500. The number of likely N-dealkylation sites (N-methyl/N-ethyl adjacent to an activating group) is 1. The predicted molar refractivity (Wildman–Crippen MR) is 101 cm³/mol. The fourth-order valence-corrected chi connectivity index (χ4v) is 3.34. The van der Waals surface area contributed by atoms with E-state index in [0.717, 1.165) is 50.6 Å². The lowest BCUT2D eigenvalue weighted by Crippen LogP contribution is -2.42. The molecule has 0 bridgehead atoms. The summed E-state index contributed by atoms with van der Waals surface area (Å²) in [4.78, 5) is 21.2. The predicted octanol–water partition coefficient (Wildman–Crippen LogP) is 2.23. The highest BCUT2D eigenvalue weighted by atomic mass is 16.5. The van der Waals surface area contributed by atoms with Crippen molar-refractivity contribution >= 4 is 5.91 Å². The maximum absolute atomic E-state index is 12.6. The molecule has 1 saturated heterocycles. The second kappa shape index (κ2) is 8.85. The molecule has 0 aliphatic carbocycles. The minimum Gasteiger partial charge on any atom is -0.484 e. The Morgan fingerprint density at radius 2 is 2.12 bits per heavy atom. The Balaban J connectivity index is 1.57. The first-order chi connectivity index (χ1) is 12.6. The highest BCUT2D eigenvalue weighted by Gasteiger charge is 2.27. The molecule has 0 unspecified atom stereocenters. The van der Waals surface area contributed by atoms with Crippen molar-refractivity contribution in [2.75, 3.05) is 40.3 Å². The maximum atomic E-state index is 12.6. The third-order valence-electron chi connectivity index (χ3n) is 4.78. The normalized spacial score (nSPS) is 17.5. The van der Waals surface area contributed by atoms with Crippen LogP contribution in [0.1, 0.15) is 24.6 Å². The van der Waals surface area contributed by atoms with E-state index in [1.165, 1.54) is 0 Å². The average molecular weight is 356 g/mol. The van der Waals surface area contributed by atoms with Crippen LogP contribution in [0, 0.1) is 0 Å². The van der Waals surface area contributed by atoms with Crippen molar-refractivity contribution in [3.8, 4) is 5.75 Å². The number of imidazole rings is 1. The van der Waals surface area contributed by atoms with Gasteiger partial charge in [0.15, 0.2) is 6.61 Å². The van der Waals surface area contributed by atoms with Gasteiger partial charge in [-0.25, -0.2) is 4.98 Å². The van der Waals surface area contributed by atoms with Gasteiger partial charge >= 0.3 is 0 Å². The average Bonchev–Trinajstić information content (AvgIpc) is 3.14. The minimum atomic E-state index is 0.0463. The van der Waals surface area contributed by atoms with Crippen LogP contribution < -0.4 is 4.74 Å². The van der Waals surface area contributed by atoms with Crippen LogP contribution in [0.2, 0.25) is 0 Å². The van der Waals surface area contributed by atoms with Gasteiger partial charge in [-0.2, -0.15) is 0 Å². The highest BCUT2D eigenvalue weighted by Crippen LogP contribution is 2.26. The molecule has 2 aromatic rings. The second-order valence-corrected chi connectivity index (χ2v) is 7.06. The van der Waals surface area contributed by atoms with Crippen LogP contribution in [0.25, 0.3) is 0 Å². The van der Waals surface area contributed by atoms with Crippen LogP contribution >= 0.6 is 0 Å². The molecule has 2 heterocycles. The zero-order valence-corrected chi connectivity index (χ0v) is 15.7. The van der Waals surface area contributed by atoms with Crippen molar-refractivity contribution in [1.82, 2.24) is 19.4 Å². The van der Waals surface area contributed by atoms with Crippen LogP contribution in [-0.4, -0.2) is 65.6 Å². The molecule has 1 fully saturated rings. The first-order valence-corrected chi connectivity index (χ1v) is 9.25. The van der Waals surface area contributed by atoms with Crippen molar-refractivity contribution in [3.05, 3.63) is 48.5 Å². The van der Waals surface area contributed by atoms with Gasteiger partial charge in [0.05, 0.1) is 0 Å². The van der Waals surface area contributed by atoms with E-state index in [1.807, 2.05) is 47.6 Å². The Morgan fingerprint density at radius 3 is 2.88 bits per heavy atom. The van der Waals surface area contributed by atoms with Crippen LogP contribution in [0.3, 0.4) is 0 Å². The Morgan fingerprint density at radius 1 is 1.31 bits per heavy atom. The van der Waals surface area contributed by atoms with E-state index in [-0.39, 0.29) is 12.5 Å². The molecule has 1 amide bonds. The molecule has 140 valence electrons. The van der Waals surface area contributed by atoms with E-state index in [4.69, 9.17) is 4.74 Å². The van der Waals surface area contributed by atoms with Crippen LogP contribution in [0.4, 0.5) is 0 Å².